The van der Waals surface area contributed by atoms with Gasteiger partial charge in [-0.15, -0.1) is 0 Å². The summed E-state index contributed by atoms with van der Waals surface area (Å²) in [7, 11) is 0. The monoisotopic (exact) mass is 416 g/mol. The number of nitrogens with one attached hydrogen (secondary N) is 1. The molecule has 5 nitrogen and oxygen atoms in total. The number of benzene rings is 2. The van der Waals surface area contributed by atoms with E-state index in [1.165, 1.54) is 0 Å². The zero-order chi connectivity index (χ0) is 19.7. The molecule has 0 fully saturated rings. The zero-order valence-corrected chi connectivity index (χ0v) is 16.7. The smallest absolute Gasteiger partial charge is 0.290 e. The number of ether oxygens (including phenoxy) is 1. The van der Waals surface area contributed by atoms with Crippen molar-refractivity contribution in [2.45, 2.75) is 25.8 Å². The molecule has 2 heterocycles. The molecule has 1 amide bonds. The maximum Gasteiger partial charge on any atom is 0.290 e. The molecule has 7 heteroatoms. The van der Waals surface area contributed by atoms with Gasteiger partial charge in [-0.2, -0.15) is 0 Å². The molecule has 0 spiro atoms. The average molecular weight is 417 g/mol. The maximum atomic E-state index is 12.9. The van der Waals surface area contributed by atoms with Crippen molar-refractivity contribution in [2.75, 3.05) is 6.61 Å². The Morgan fingerprint density at radius 3 is 2.93 bits per heavy atom. The number of fused-ring (bicyclic) bond motifs is 1. The molecule has 1 unspecified atom stereocenters. The predicted octanol–water partition coefficient (Wildman–Crippen LogP) is 5.00. The lowest BCUT2D eigenvalue weighted by atomic mass is 9.96. The Kier molecular flexibility index (Phi) is 5.29. The normalized spacial score (nSPS) is 13.7. The molecule has 144 valence electrons. The average Bonchev–Trinajstić information content (AvgIpc) is 3.36. The Labute approximate surface area is 172 Å². The molecule has 3 aromatic rings. The number of rotatable bonds is 5. The summed E-state index contributed by atoms with van der Waals surface area (Å²) in [6, 6.07) is 10.6. The van der Waals surface area contributed by atoms with Crippen molar-refractivity contribution in [1.29, 1.82) is 0 Å². The van der Waals surface area contributed by atoms with Gasteiger partial charge >= 0.3 is 0 Å². The van der Waals surface area contributed by atoms with Crippen molar-refractivity contribution in [1.82, 2.24) is 10.5 Å². The molecule has 1 aromatic heterocycles. The van der Waals surface area contributed by atoms with Crippen LogP contribution in [0.1, 0.15) is 45.8 Å². The molecular formula is C21H18Cl2N2O3. The fourth-order valence-electron chi connectivity index (χ4n) is 3.36. The van der Waals surface area contributed by atoms with E-state index >= 15 is 0 Å². The zero-order valence-electron chi connectivity index (χ0n) is 15.2. The summed E-state index contributed by atoms with van der Waals surface area (Å²) in [6.45, 7) is 2.60. The Morgan fingerprint density at radius 2 is 2.11 bits per heavy atom. The fraction of sp³-hybridized carbons (Fsp3) is 0.238. The Hall–Kier alpha value is -2.50. The number of carbonyl (C=O) groups excluding carboxylic acids is 1. The van der Waals surface area contributed by atoms with Crippen molar-refractivity contribution < 1.29 is 14.1 Å². The first-order valence-electron chi connectivity index (χ1n) is 9.01. The predicted molar refractivity (Wildman–Crippen MR) is 107 cm³/mol. The second kappa shape index (κ2) is 7.86. The number of aryl methyl sites for hydroxylation is 1. The highest BCUT2D eigenvalue weighted by Gasteiger charge is 2.25. The molecule has 2 aromatic carbocycles. The minimum atomic E-state index is -0.501. The highest BCUT2D eigenvalue weighted by atomic mass is 35.5. The Bertz CT molecular complexity index is 1030. The minimum Gasteiger partial charge on any atom is -0.493 e. The van der Waals surface area contributed by atoms with Gasteiger partial charge in [0.15, 0.2) is 0 Å². The maximum absolute atomic E-state index is 12.9. The van der Waals surface area contributed by atoms with Gasteiger partial charge in [0.05, 0.1) is 18.8 Å². The van der Waals surface area contributed by atoms with Crippen LogP contribution in [0, 0.1) is 0 Å². The first kappa shape index (κ1) is 18.8. The third-order valence-corrected chi connectivity index (χ3v) is 5.40. The van der Waals surface area contributed by atoms with Crippen LogP contribution in [0.25, 0.3) is 0 Å². The number of halogens is 2. The number of amides is 1. The van der Waals surface area contributed by atoms with Crippen LogP contribution in [0.2, 0.25) is 10.0 Å². The van der Waals surface area contributed by atoms with Crippen LogP contribution in [0.5, 0.6) is 5.75 Å². The third kappa shape index (κ3) is 3.60. The van der Waals surface area contributed by atoms with E-state index in [1.807, 2.05) is 25.1 Å². The molecular weight excluding hydrogens is 399 g/mol. The molecule has 1 aliphatic rings. The van der Waals surface area contributed by atoms with E-state index < -0.39 is 6.04 Å². The molecule has 0 bridgehead atoms. The van der Waals surface area contributed by atoms with E-state index in [2.05, 4.69) is 10.5 Å². The van der Waals surface area contributed by atoms with Crippen molar-refractivity contribution in [3.05, 3.63) is 80.7 Å². The van der Waals surface area contributed by atoms with Crippen molar-refractivity contribution in [3.63, 3.8) is 0 Å². The van der Waals surface area contributed by atoms with Crippen LogP contribution in [0.4, 0.5) is 0 Å². The van der Waals surface area contributed by atoms with Crippen LogP contribution < -0.4 is 10.1 Å². The van der Waals surface area contributed by atoms with Crippen LogP contribution >= 0.6 is 23.2 Å². The highest BCUT2D eigenvalue weighted by Crippen LogP contribution is 2.34. The topological polar surface area (TPSA) is 64.4 Å². The Balaban J connectivity index is 1.75. The van der Waals surface area contributed by atoms with Crippen LogP contribution in [-0.4, -0.2) is 17.7 Å². The number of nitrogens with zero attached hydrogens (tertiary/aromatic N) is 1. The van der Waals surface area contributed by atoms with Gasteiger partial charge in [0.2, 0.25) is 5.76 Å². The third-order valence-electron chi connectivity index (χ3n) is 4.82. The number of aromatic nitrogens is 1. The van der Waals surface area contributed by atoms with Crippen molar-refractivity contribution >= 4 is 29.1 Å². The van der Waals surface area contributed by atoms with E-state index in [4.69, 9.17) is 32.5 Å². The second-order valence-electron chi connectivity index (χ2n) is 6.57. The summed E-state index contributed by atoms with van der Waals surface area (Å²) in [5, 5.41) is 7.83. The van der Waals surface area contributed by atoms with Crippen molar-refractivity contribution in [3.8, 4) is 5.75 Å². The SMILES string of the molecule is CCc1cnoc1C(=O)NC(c1ccc2c(c1)CCO2)c1cc(Cl)ccc1Cl. The van der Waals surface area contributed by atoms with E-state index in [-0.39, 0.29) is 11.7 Å². The van der Waals surface area contributed by atoms with Gasteiger partial charge in [0.25, 0.3) is 5.91 Å². The lowest BCUT2D eigenvalue weighted by Crippen LogP contribution is -2.30. The van der Waals surface area contributed by atoms with Crippen molar-refractivity contribution in [2.24, 2.45) is 0 Å². The lowest BCUT2D eigenvalue weighted by molar-refractivity contribution is 0.0904. The molecule has 0 saturated carbocycles. The summed E-state index contributed by atoms with van der Waals surface area (Å²) in [4.78, 5) is 12.9. The van der Waals surface area contributed by atoms with E-state index in [0.717, 1.165) is 28.9 Å². The Morgan fingerprint density at radius 1 is 1.25 bits per heavy atom. The van der Waals surface area contributed by atoms with E-state index in [9.17, 15) is 4.79 Å². The first-order valence-corrected chi connectivity index (χ1v) is 9.77. The standard InChI is InChI=1S/C21H18Cl2N2O3/c1-2-12-11-24-28-20(12)21(26)25-19(16-10-15(22)4-5-17(16)23)14-3-6-18-13(9-14)7-8-27-18/h3-6,9-11,19H,2,7-8H2,1H3,(H,25,26). The van der Waals surface area contributed by atoms with Gasteiger partial charge in [-0.3, -0.25) is 4.79 Å². The van der Waals surface area contributed by atoms with E-state index in [1.54, 1.807) is 24.4 Å². The van der Waals surface area contributed by atoms with Gasteiger partial charge in [-0.1, -0.05) is 41.3 Å². The molecule has 28 heavy (non-hydrogen) atoms. The van der Waals surface area contributed by atoms with Crippen LogP contribution in [-0.2, 0) is 12.8 Å². The summed E-state index contributed by atoms with van der Waals surface area (Å²) < 4.78 is 10.8. The van der Waals surface area contributed by atoms with Gasteiger partial charge in [-0.05, 0) is 53.4 Å². The molecule has 1 aliphatic heterocycles. The molecule has 0 radical (unpaired) electrons. The summed E-state index contributed by atoms with van der Waals surface area (Å²) >= 11 is 12.7. The second-order valence-corrected chi connectivity index (χ2v) is 7.42. The highest BCUT2D eigenvalue weighted by molar-refractivity contribution is 6.33. The molecule has 0 aliphatic carbocycles. The fourth-order valence-corrected chi connectivity index (χ4v) is 3.77. The van der Waals surface area contributed by atoms with Gasteiger partial charge in [0.1, 0.15) is 5.75 Å². The summed E-state index contributed by atoms with van der Waals surface area (Å²) in [5.74, 6) is 0.719. The number of hydrogen-bond acceptors (Lipinski definition) is 4. The first-order chi connectivity index (χ1) is 13.6. The van der Waals surface area contributed by atoms with Gasteiger partial charge < -0.3 is 14.6 Å². The van der Waals surface area contributed by atoms with Gasteiger partial charge in [-0.25, -0.2) is 0 Å². The van der Waals surface area contributed by atoms with Crippen LogP contribution in [0.3, 0.4) is 0 Å². The number of carbonyl (C=O) groups is 1. The molecule has 1 atom stereocenters. The largest absolute Gasteiger partial charge is 0.493 e. The lowest BCUT2D eigenvalue weighted by Gasteiger charge is -2.21. The quantitative estimate of drug-likeness (QED) is 0.635. The summed E-state index contributed by atoms with van der Waals surface area (Å²) in [6.07, 6.45) is 3.03. The van der Waals surface area contributed by atoms with E-state index in [0.29, 0.717) is 28.6 Å². The molecule has 1 N–H and O–H groups in total. The molecule has 4 rings (SSSR count). The summed E-state index contributed by atoms with van der Waals surface area (Å²) in [5.41, 5.74) is 3.44. The van der Waals surface area contributed by atoms with Crippen LogP contribution in [0.15, 0.2) is 47.1 Å². The van der Waals surface area contributed by atoms with Gasteiger partial charge in [0, 0.05) is 22.0 Å². The minimum absolute atomic E-state index is 0.204. The number of hydrogen-bond donors (Lipinski definition) is 1. The molecule has 0 saturated heterocycles.